The second kappa shape index (κ2) is 8.06. The highest BCUT2D eigenvalue weighted by Crippen LogP contribution is 2.44. The molecule has 0 radical (unpaired) electrons. The number of benzene rings is 1. The first-order chi connectivity index (χ1) is 13.9. The molecule has 0 fully saturated rings. The molecule has 4 nitrogen and oxygen atoms in total. The fourth-order valence-corrected chi connectivity index (χ4v) is 5.15. The summed E-state index contributed by atoms with van der Waals surface area (Å²) in [6.07, 6.45) is -2.08. The predicted octanol–water partition coefficient (Wildman–Crippen LogP) is 6.13. The van der Waals surface area contributed by atoms with Gasteiger partial charge in [0.2, 0.25) is 5.91 Å². The van der Waals surface area contributed by atoms with Crippen molar-refractivity contribution < 1.29 is 22.8 Å². The van der Waals surface area contributed by atoms with E-state index in [1.54, 1.807) is 0 Å². The van der Waals surface area contributed by atoms with Crippen LogP contribution in [0.25, 0.3) is 0 Å². The fraction of sp³-hybridized carbons (Fsp3) is 0.455. The molecular weight excluding hydrogens is 413 g/mol. The second-order valence-corrected chi connectivity index (χ2v) is 9.83. The highest BCUT2D eigenvalue weighted by molar-refractivity contribution is 7.17. The first-order valence-corrected chi connectivity index (χ1v) is 10.6. The molecule has 3 rings (SSSR count). The molecule has 1 aliphatic carbocycles. The Hall–Kier alpha value is -2.35. The predicted molar refractivity (Wildman–Crippen MR) is 113 cm³/mol. The van der Waals surface area contributed by atoms with Crippen molar-refractivity contribution in [1.29, 1.82) is 0 Å². The summed E-state index contributed by atoms with van der Waals surface area (Å²) in [6.45, 7) is 7.93. The Morgan fingerprint density at radius 3 is 2.43 bits per heavy atom. The first-order valence-electron chi connectivity index (χ1n) is 9.77. The zero-order valence-electron chi connectivity index (χ0n) is 17.4. The number of anilines is 2. The summed E-state index contributed by atoms with van der Waals surface area (Å²) in [5.74, 6) is -0.355. The number of hydrogen-bond donors (Lipinski definition) is 2. The third-order valence-electron chi connectivity index (χ3n) is 5.45. The van der Waals surface area contributed by atoms with E-state index >= 15 is 0 Å². The standard InChI is InChI=1S/C22H25F3N2O2S/c1-12(28)26-20-18(16-9-8-13(21(2,3)4)11-17(16)30-20)19(29)27-15-7-5-6-14(10-15)22(23,24)25/h5-7,10,13H,8-9,11H2,1-4H3,(H,26,28)(H,27,29). The van der Waals surface area contributed by atoms with Crippen LogP contribution in [-0.4, -0.2) is 11.8 Å². The maximum atomic E-state index is 13.1. The molecule has 1 heterocycles. The molecule has 0 aliphatic heterocycles. The van der Waals surface area contributed by atoms with E-state index in [1.165, 1.54) is 30.4 Å². The molecule has 1 unspecified atom stereocenters. The molecule has 2 N–H and O–H groups in total. The molecule has 162 valence electrons. The SMILES string of the molecule is CC(=O)Nc1sc2c(c1C(=O)Nc1cccc(C(F)(F)F)c1)CCC(C(C)(C)C)C2. The van der Waals surface area contributed by atoms with Crippen molar-refractivity contribution in [1.82, 2.24) is 0 Å². The summed E-state index contributed by atoms with van der Waals surface area (Å²) < 4.78 is 39.0. The van der Waals surface area contributed by atoms with Crippen LogP contribution in [0.5, 0.6) is 0 Å². The van der Waals surface area contributed by atoms with Crippen LogP contribution in [0.3, 0.4) is 0 Å². The molecule has 2 amide bonds. The molecule has 0 spiro atoms. The smallest absolute Gasteiger partial charge is 0.322 e. The van der Waals surface area contributed by atoms with E-state index in [0.717, 1.165) is 35.4 Å². The maximum Gasteiger partial charge on any atom is 0.416 e. The molecule has 0 bridgehead atoms. The van der Waals surface area contributed by atoms with E-state index in [0.29, 0.717) is 22.9 Å². The number of rotatable bonds is 3. The Bertz CT molecular complexity index is 974. The summed E-state index contributed by atoms with van der Waals surface area (Å²) in [6, 6.07) is 4.53. The van der Waals surface area contributed by atoms with Gasteiger partial charge in [0.15, 0.2) is 0 Å². The van der Waals surface area contributed by atoms with Gasteiger partial charge in [0, 0.05) is 17.5 Å². The van der Waals surface area contributed by atoms with E-state index < -0.39 is 17.6 Å². The number of fused-ring (bicyclic) bond motifs is 1. The highest BCUT2D eigenvalue weighted by Gasteiger charge is 2.34. The van der Waals surface area contributed by atoms with Crippen LogP contribution in [0.4, 0.5) is 23.9 Å². The molecule has 1 aromatic carbocycles. The van der Waals surface area contributed by atoms with Crippen LogP contribution in [0.15, 0.2) is 24.3 Å². The second-order valence-electron chi connectivity index (χ2n) is 8.73. The van der Waals surface area contributed by atoms with E-state index in [9.17, 15) is 22.8 Å². The zero-order chi connectivity index (χ0) is 22.3. The monoisotopic (exact) mass is 438 g/mol. The molecule has 8 heteroatoms. The lowest BCUT2D eigenvalue weighted by atomic mass is 9.72. The maximum absolute atomic E-state index is 13.1. The van der Waals surface area contributed by atoms with Gasteiger partial charge in [-0.2, -0.15) is 13.2 Å². The average Bonchev–Trinajstić information content (AvgIpc) is 2.96. The number of alkyl halides is 3. The Kier molecular flexibility index (Phi) is 6.00. The number of thiophene rings is 1. The van der Waals surface area contributed by atoms with Crippen molar-refractivity contribution in [2.45, 2.75) is 53.1 Å². The lowest BCUT2D eigenvalue weighted by molar-refractivity contribution is -0.137. The molecular formula is C22H25F3N2O2S. The Balaban J connectivity index is 1.94. The van der Waals surface area contributed by atoms with E-state index in [4.69, 9.17) is 0 Å². The number of nitrogens with one attached hydrogen (secondary N) is 2. The minimum absolute atomic E-state index is 0.0620. The largest absolute Gasteiger partial charge is 0.416 e. The van der Waals surface area contributed by atoms with E-state index in [2.05, 4.69) is 31.4 Å². The van der Waals surface area contributed by atoms with Crippen LogP contribution in [0, 0.1) is 11.3 Å². The van der Waals surface area contributed by atoms with Crippen molar-refractivity contribution >= 4 is 33.8 Å². The number of halogens is 3. The van der Waals surface area contributed by atoms with Crippen molar-refractivity contribution in [3.05, 3.63) is 45.8 Å². The van der Waals surface area contributed by atoms with Crippen molar-refractivity contribution in [3.8, 4) is 0 Å². The summed E-state index contributed by atoms with van der Waals surface area (Å²) in [4.78, 5) is 25.8. The number of hydrogen-bond acceptors (Lipinski definition) is 3. The third-order valence-corrected chi connectivity index (χ3v) is 6.62. The van der Waals surface area contributed by atoms with Crippen LogP contribution in [0.2, 0.25) is 0 Å². The van der Waals surface area contributed by atoms with Crippen molar-refractivity contribution in [3.63, 3.8) is 0 Å². The molecule has 2 aromatic rings. The van der Waals surface area contributed by atoms with Gasteiger partial charge in [0.1, 0.15) is 5.00 Å². The van der Waals surface area contributed by atoms with Gasteiger partial charge < -0.3 is 10.6 Å². The van der Waals surface area contributed by atoms with Gasteiger partial charge in [-0.1, -0.05) is 26.8 Å². The lowest BCUT2D eigenvalue weighted by Crippen LogP contribution is -2.27. The lowest BCUT2D eigenvalue weighted by Gasteiger charge is -2.33. The number of carbonyl (C=O) groups excluding carboxylic acids is 2. The Morgan fingerprint density at radius 2 is 1.83 bits per heavy atom. The molecule has 1 aliphatic rings. The topological polar surface area (TPSA) is 58.2 Å². The summed E-state index contributed by atoms with van der Waals surface area (Å²) >= 11 is 1.38. The minimum Gasteiger partial charge on any atom is -0.322 e. The summed E-state index contributed by atoms with van der Waals surface area (Å²) in [5.41, 5.74) is 0.592. The van der Waals surface area contributed by atoms with Gasteiger partial charge in [-0.3, -0.25) is 9.59 Å². The van der Waals surface area contributed by atoms with E-state index in [1.807, 2.05) is 0 Å². The summed E-state index contributed by atoms with van der Waals surface area (Å²) in [7, 11) is 0. The molecule has 30 heavy (non-hydrogen) atoms. The quantitative estimate of drug-likeness (QED) is 0.606. The molecule has 1 atom stereocenters. The number of amides is 2. The fourth-order valence-electron chi connectivity index (χ4n) is 3.78. The normalized spacial score (nSPS) is 16.7. The summed E-state index contributed by atoms with van der Waals surface area (Å²) in [5, 5.41) is 5.75. The van der Waals surface area contributed by atoms with Gasteiger partial charge in [-0.25, -0.2) is 0 Å². The Morgan fingerprint density at radius 1 is 1.13 bits per heavy atom. The molecule has 0 saturated carbocycles. The van der Waals surface area contributed by atoms with Crippen LogP contribution < -0.4 is 10.6 Å². The number of carbonyl (C=O) groups is 2. The van der Waals surface area contributed by atoms with Crippen molar-refractivity contribution in [2.24, 2.45) is 11.3 Å². The first kappa shape index (κ1) is 22.3. The Labute approximate surface area is 177 Å². The van der Waals surface area contributed by atoms with Gasteiger partial charge >= 0.3 is 6.18 Å². The van der Waals surface area contributed by atoms with Crippen LogP contribution in [-0.2, 0) is 23.8 Å². The third kappa shape index (κ3) is 4.86. The van der Waals surface area contributed by atoms with E-state index in [-0.39, 0.29) is 17.0 Å². The van der Waals surface area contributed by atoms with Gasteiger partial charge in [-0.05, 0) is 54.4 Å². The van der Waals surface area contributed by atoms with Crippen LogP contribution >= 0.6 is 11.3 Å². The van der Waals surface area contributed by atoms with Crippen LogP contribution in [0.1, 0.15) is 60.5 Å². The zero-order valence-corrected chi connectivity index (χ0v) is 18.2. The highest BCUT2D eigenvalue weighted by atomic mass is 32.1. The van der Waals surface area contributed by atoms with Gasteiger partial charge in [0.25, 0.3) is 5.91 Å². The molecule has 0 saturated heterocycles. The van der Waals surface area contributed by atoms with Gasteiger partial charge in [0.05, 0.1) is 11.1 Å². The minimum atomic E-state index is -4.49. The average molecular weight is 439 g/mol. The van der Waals surface area contributed by atoms with Crippen molar-refractivity contribution in [2.75, 3.05) is 10.6 Å². The molecule has 1 aromatic heterocycles. The van der Waals surface area contributed by atoms with Gasteiger partial charge in [-0.15, -0.1) is 11.3 Å².